The molecule has 3 heteroatoms. The van der Waals surface area contributed by atoms with Gasteiger partial charge in [-0.15, -0.1) is 0 Å². The van der Waals surface area contributed by atoms with E-state index in [9.17, 15) is 4.39 Å². The largest absolute Gasteiger partial charge is 0.271 e. The summed E-state index contributed by atoms with van der Waals surface area (Å²) in [7, 11) is 0. The highest BCUT2D eigenvalue weighted by molar-refractivity contribution is 5.24. The third-order valence-electron chi connectivity index (χ3n) is 4.27. The van der Waals surface area contributed by atoms with Crippen LogP contribution in [0.25, 0.3) is 0 Å². The zero-order valence-electron chi connectivity index (χ0n) is 9.20. The summed E-state index contributed by atoms with van der Waals surface area (Å²) in [5.41, 5.74) is 4.02. The van der Waals surface area contributed by atoms with Crippen LogP contribution in [0.1, 0.15) is 30.9 Å². The molecule has 1 aromatic carbocycles. The number of fused-ring (bicyclic) bond motifs is 1. The molecule has 2 nitrogen and oxygen atoms in total. The maximum absolute atomic E-state index is 12.8. The predicted octanol–water partition coefficient (Wildman–Crippen LogP) is 2.38. The molecule has 2 aliphatic carbocycles. The highest BCUT2D eigenvalue weighted by atomic mass is 19.1. The van der Waals surface area contributed by atoms with Gasteiger partial charge >= 0.3 is 0 Å². The van der Waals surface area contributed by atoms with Crippen LogP contribution in [0.4, 0.5) is 4.39 Å². The average molecular weight is 220 g/mol. The maximum atomic E-state index is 12.8. The first-order valence-corrected chi connectivity index (χ1v) is 6.03. The summed E-state index contributed by atoms with van der Waals surface area (Å²) in [5, 5.41) is 0. The zero-order valence-corrected chi connectivity index (χ0v) is 9.20. The van der Waals surface area contributed by atoms with Gasteiger partial charge < -0.3 is 0 Å². The van der Waals surface area contributed by atoms with Crippen LogP contribution < -0.4 is 11.3 Å². The number of nitrogens with one attached hydrogen (secondary N) is 1. The molecule has 1 aromatic rings. The monoisotopic (exact) mass is 220 g/mol. The quantitative estimate of drug-likeness (QED) is 0.606. The molecule has 0 amide bonds. The lowest BCUT2D eigenvalue weighted by Gasteiger charge is -2.18. The van der Waals surface area contributed by atoms with Gasteiger partial charge in [-0.25, -0.2) is 4.39 Å². The van der Waals surface area contributed by atoms with E-state index in [2.05, 4.69) is 5.43 Å². The van der Waals surface area contributed by atoms with Crippen molar-refractivity contribution in [3.63, 3.8) is 0 Å². The second kappa shape index (κ2) is 3.82. The van der Waals surface area contributed by atoms with E-state index in [-0.39, 0.29) is 11.9 Å². The SMILES string of the molecule is NNC(c1ccc(F)cc1)C1C2CCCC21. The molecule has 0 aromatic heterocycles. The summed E-state index contributed by atoms with van der Waals surface area (Å²) in [6, 6.07) is 6.91. The Labute approximate surface area is 95.0 Å². The van der Waals surface area contributed by atoms with Crippen LogP contribution in [-0.4, -0.2) is 0 Å². The topological polar surface area (TPSA) is 38.0 Å². The third kappa shape index (κ3) is 1.55. The minimum atomic E-state index is -0.185. The van der Waals surface area contributed by atoms with E-state index in [4.69, 9.17) is 5.84 Å². The van der Waals surface area contributed by atoms with Gasteiger partial charge in [-0.05, 0) is 48.3 Å². The molecule has 3 unspecified atom stereocenters. The number of hydrogen-bond donors (Lipinski definition) is 2. The fraction of sp³-hybridized carbons (Fsp3) is 0.538. The maximum Gasteiger partial charge on any atom is 0.123 e. The number of hydrogen-bond acceptors (Lipinski definition) is 2. The van der Waals surface area contributed by atoms with E-state index < -0.39 is 0 Å². The van der Waals surface area contributed by atoms with Crippen LogP contribution in [0.15, 0.2) is 24.3 Å². The van der Waals surface area contributed by atoms with Crippen molar-refractivity contribution in [3.8, 4) is 0 Å². The molecule has 2 saturated carbocycles. The van der Waals surface area contributed by atoms with Crippen molar-refractivity contribution in [1.82, 2.24) is 5.43 Å². The van der Waals surface area contributed by atoms with Crippen LogP contribution in [0.2, 0.25) is 0 Å². The first-order chi connectivity index (χ1) is 7.81. The van der Waals surface area contributed by atoms with Gasteiger partial charge in [-0.1, -0.05) is 18.6 Å². The van der Waals surface area contributed by atoms with E-state index in [1.807, 2.05) is 12.1 Å². The highest BCUT2D eigenvalue weighted by Gasteiger charge is 2.55. The summed E-state index contributed by atoms with van der Waals surface area (Å²) in [5.74, 6) is 7.83. The van der Waals surface area contributed by atoms with Crippen molar-refractivity contribution >= 4 is 0 Å². The molecule has 86 valence electrons. The fourth-order valence-electron chi connectivity index (χ4n) is 3.47. The van der Waals surface area contributed by atoms with E-state index in [1.165, 1.54) is 31.4 Å². The number of halogens is 1. The molecule has 0 radical (unpaired) electrons. The minimum absolute atomic E-state index is 0.185. The Balaban J connectivity index is 1.78. The van der Waals surface area contributed by atoms with Crippen LogP contribution in [0, 0.1) is 23.6 Å². The Morgan fingerprint density at radius 2 is 1.81 bits per heavy atom. The van der Waals surface area contributed by atoms with Crippen LogP contribution in [0.3, 0.4) is 0 Å². The van der Waals surface area contributed by atoms with E-state index in [1.54, 1.807) is 0 Å². The van der Waals surface area contributed by atoms with Crippen molar-refractivity contribution in [1.29, 1.82) is 0 Å². The Morgan fingerprint density at radius 3 is 2.38 bits per heavy atom. The Bertz CT molecular complexity index is 366. The molecule has 3 N–H and O–H groups in total. The van der Waals surface area contributed by atoms with Crippen LogP contribution in [0.5, 0.6) is 0 Å². The Hall–Kier alpha value is -0.930. The first kappa shape index (κ1) is 10.2. The average Bonchev–Trinajstić information content (AvgIpc) is 2.76. The zero-order chi connectivity index (χ0) is 11.1. The van der Waals surface area contributed by atoms with Crippen molar-refractivity contribution in [3.05, 3.63) is 35.6 Å². The number of hydrazine groups is 1. The molecule has 2 aliphatic rings. The van der Waals surface area contributed by atoms with Crippen molar-refractivity contribution in [2.24, 2.45) is 23.6 Å². The van der Waals surface area contributed by atoms with Crippen molar-refractivity contribution < 1.29 is 4.39 Å². The molecule has 3 atom stereocenters. The first-order valence-electron chi connectivity index (χ1n) is 6.03. The van der Waals surface area contributed by atoms with Crippen LogP contribution >= 0.6 is 0 Å². The number of rotatable bonds is 3. The molecular weight excluding hydrogens is 203 g/mol. The lowest BCUT2D eigenvalue weighted by molar-refractivity contribution is 0.425. The second-order valence-corrected chi connectivity index (χ2v) is 5.03. The summed E-state index contributed by atoms with van der Waals surface area (Å²) >= 11 is 0. The Kier molecular flexibility index (Phi) is 2.45. The van der Waals surface area contributed by atoms with Crippen molar-refractivity contribution in [2.45, 2.75) is 25.3 Å². The van der Waals surface area contributed by atoms with E-state index >= 15 is 0 Å². The third-order valence-corrected chi connectivity index (χ3v) is 4.27. The van der Waals surface area contributed by atoms with Gasteiger partial charge in [0.1, 0.15) is 5.82 Å². The summed E-state index contributed by atoms with van der Waals surface area (Å²) in [4.78, 5) is 0. The highest BCUT2D eigenvalue weighted by Crippen LogP contribution is 2.61. The summed E-state index contributed by atoms with van der Waals surface area (Å²) < 4.78 is 12.8. The molecule has 0 spiro atoms. The normalized spacial score (nSPS) is 33.5. The fourth-order valence-corrected chi connectivity index (χ4v) is 3.47. The molecule has 3 rings (SSSR count). The molecular formula is C13H17FN2. The lowest BCUT2D eigenvalue weighted by atomic mass is 9.97. The van der Waals surface area contributed by atoms with Gasteiger partial charge in [0.25, 0.3) is 0 Å². The lowest BCUT2D eigenvalue weighted by Crippen LogP contribution is -2.30. The summed E-state index contributed by atoms with van der Waals surface area (Å²) in [6.45, 7) is 0. The van der Waals surface area contributed by atoms with Crippen LogP contribution in [-0.2, 0) is 0 Å². The number of benzene rings is 1. The smallest absolute Gasteiger partial charge is 0.123 e. The van der Waals surface area contributed by atoms with Crippen molar-refractivity contribution in [2.75, 3.05) is 0 Å². The predicted molar refractivity (Wildman–Crippen MR) is 60.8 cm³/mol. The molecule has 0 bridgehead atoms. The van der Waals surface area contributed by atoms with Gasteiger partial charge in [-0.3, -0.25) is 11.3 Å². The standard InChI is InChI=1S/C13H17FN2/c14-9-6-4-8(5-7-9)13(16-15)12-10-2-1-3-11(10)12/h4-7,10-13,16H,1-3,15H2. The van der Waals surface area contributed by atoms with Gasteiger partial charge in [0.05, 0.1) is 0 Å². The molecule has 16 heavy (non-hydrogen) atoms. The van der Waals surface area contributed by atoms with Gasteiger partial charge in [0.15, 0.2) is 0 Å². The molecule has 0 heterocycles. The Morgan fingerprint density at radius 1 is 1.19 bits per heavy atom. The summed E-state index contributed by atoms with van der Waals surface area (Å²) in [6.07, 6.45) is 4.05. The van der Waals surface area contributed by atoms with Gasteiger partial charge in [0.2, 0.25) is 0 Å². The van der Waals surface area contributed by atoms with E-state index in [0.29, 0.717) is 5.92 Å². The molecule has 0 saturated heterocycles. The number of nitrogens with two attached hydrogens (primary N) is 1. The van der Waals surface area contributed by atoms with E-state index in [0.717, 1.165) is 17.4 Å². The van der Waals surface area contributed by atoms with Gasteiger partial charge in [-0.2, -0.15) is 0 Å². The molecule has 2 fully saturated rings. The molecule has 0 aliphatic heterocycles. The van der Waals surface area contributed by atoms with Gasteiger partial charge in [0, 0.05) is 6.04 Å². The second-order valence-electron chi connectivity index (χ2n) is 5.03. The minimum Gasteiger partial charge on any atom is -0.271 e.